The molecule has 4 aromatic rings. The topological polar surface area (TPSA) is 90.0 Å². The summed E-state index contributed by atoms with van der Waals surface area (Å²) in [6.45, 7) is 7.70. The first-order valence-electron chi connectivity index (χ1n) is 9.14. The third-order valence-electron chi connectivity index (χ3n) is 5.03. The number of fused-ring (bicyclic) bond motifs is 1. The Morgan fingerprint density at radius 3 is 2.66 bits per heavy atom. The summed E-state index contributed by atoms with van der Waals surface area (Å²) in [5, 5.41) is 7.33. The summed E-state index contributed by atoms with van der Waals surface area (Å²) in [6, 6.07) is 7.57. The first-order valence-corrected chi connectivity index (χ1v) is 9.95. The fraction of sp³-hybridized carbons (Fsp3) is 0.238. The van der Waals surface area contributed by atoms with Gasteiger partial charge >= 0.3 is 0 Å². The van der Waals surface area contributed by atoms with Crippen LogP contribution in [-0.2, 0) is 6.54 Å². The second-order valence-corrected chi connectivity index (χ2v) is 7.98. The minimum atomic E-state index is -0.239. The van der Waals surface area contributed by atoms with Gasteiger partial charge in [-0.25, -0.2) is 4.98 Å². The number of nitrogens with one attached hydrogen (secondary N) is 1. The number of carbonyl (C=O) groups excluding carboxylic acids is 1. The molecular formula is C21H20N4O3S. The molecular weight excluding hydrogens is 388 g/mol. The van der Waals surface area contributed by atoms with E-state index in [0.29, 0.717) is 33.0 Å². The van der Waals surface area contributed by atoms with E-state index in [-0.39, 0.29) is 11.5 Å². The van der Waals surface area contributed by atoms with Gasteiger partial charge in [0.2, 0.25) is 0 Å². The standard InChI is InChI=1S/C21H20N4O3S/c1-11-7-5-6-8-16(11)23-19(26)18-12(2)17-20(29-18)22-10-25(21(17)27)9-15-13(3)24-28-14(15)4/h5-8,10H,9H2,1-4H3,(H,23,26). The lowest BCUT2D eigenvalue weighted by molar-refractivity contribution is 0.103. The Hall–Kier alpha value is -3.26. The first kappa shape index (κ1) is 19.1. The van der Waals surface area contributed by atoms with Gasteiger partial charge in [-0.3, -0.25) is 14.2 Å². The summed E-state index contributed by atoms with van der Waals surface area (Å²) in [7, 11) is 0. The molecule has 3 heterocycles. The summed E-state index contributed by atoms with van der Waals surface area (Å²) in [4.78, 5) is 31.4. The predicted octanol–water partition coefficient (Wildman–Crippen LogP) is 3.98. The molecule has 0 atom stereocenters. The molecule has 148 valence electrons. The van der Waals surface area contributed by atoms with Crippen molar-refractivity contribution in [1.82, 2.24) is 14.7 Å². The van der Waals surface area contributed by atoms with E-state index < -0.39 is 0 Å². The van der Waals surface area contributed by atoms with Gasteiger partial charge in [0.1, 0.15) is 10.6 Å². The van der Waals surface area contributed by atoms with Gasteiger partial charge in [-0.2, -0.15) is 0 Å². The molecule has 0 unspecified atom stereocenters. The molecule has 0 saturated heterocycles. The molecule has 0 radical (unpaired) electrons. The normalized spacial score (nSPS) is 11.2. The lowest BCUT2D eigenvalue weighted by atomic mass is 10.1. The van der Waals surface area contributed by atoms with Crippen molar-refractivity contribution < 1.29 is 9.32 Å². The molecule has 3 aromatic heterocycles. The van der Waals surface area contributed by atoms with Crippen molar-refractivity contribution in [2.75, 3.05) is 5.32 Å². The monoisotopic (exact) mass is 408 g/mol. The van der Waals surface area contributed by atoms with Crippen molar-refractivity contribution in [1.29, 1.82) is 0 Å². The van der Waals surface area contributed by atoms with Gasteiger partial charge < -0.3 is 9.84 Å². The van der Waals surface area contributed by atoms with Crippen LogP contribution in [0.1, 0.15) is 37.8 Å². The molecule has 1 aromatic carbocycles. The molecule has 29 heavy (non-hydrogen) atoms. The molecule has 7 nitrogen and oxygen atoms in total. The zero-order chi connectivity index (χ0) is 20.7. The number of thiophene rings is 1. The number of aromatic nitrogens is 3. The zero-order valence-corrected chi connectivity index (χ0v) is 17.4. The van der Waals surface area contributed by atoms with Crippen molar-refractivity contribution in [3.05, 3.63) is 74.0 Å². The van der Waals surface area contributed by atoms with E-state index in [4.69, 9.17) is 4.52 Å². The smallest absolute Gasteiger partial charge is 0.266 e. The number of benzene rings is 1. The molecule has 0 aliphatic heterocycles. The molecule has 4 rings (SSSR count). The average molecular weight is 408 g/mol. The Balaban J connectivity index is 1.72. The fourth-order valence-corrected chi connectivity index (χ4v) is 4.31. The number of anilines is 1. The van der Waals surface area contributed by atoms with Crippen LogP contribution < -0.4 is 10.9 Å². The van der Waals surface area contributed by atoms with Crippen molar-refractivity contribution in [2.24, 2.45) is 0 Å². The number of nitrogens with zero attached hydrogens (tertiary/aromatic N) is 3. The summed E-state index contributed by atoms with van der Waals surface area (Å²) in [6.07, 6.45) is 1.51. The van der Waals surface area contributed by atoms with Crippen LogP contribution in [0.4, 0.5) is 5.69 Å². The van der Waals surface area contributed by atoms with Crippen LogP contribution >= 0.6 is 11.3 Å². The summed E-state index contributed by atoms with van der Waals surface area (Å²) < 4.78 is 6.71. The Morgan fingerprint density at radius 1 is 1.21 bits per heavy atom. The molecule has 0 aliphatic carbocycles. The number of hydrogen-bond donors (Lipinski definition) is 1. The Morgan fingerprint density at radius 2 is 1.97 bits per heavy atom. The Labute approximate surface area is 171 Å². The van der Waals surface area contributed by atoms with Crippen molar-refractivity contribution in [3.63, 3.8) is 0 Å². The Kier molecular flexibility index (Phi) is 4.79. The zero-order valence-electron chi connectivity index (χ0n) is 16.6. The average Bonchev–Trinajstić information content (AvgIpc) is 3.20. The highest BCUT2D eigenvalue weighted by molar-refractivity contribution is 7.20. The maximum Gasteiger partial charge on any atom is 0.266 e. The highest BCUT2D eigenvalue weighted by Crippen LogP contribution is 2.28. The quantitative estimate of drug-likeness (QED) is 0.552. The number of hydrogen-bond acceptors (Lipinski definition) is 6. The van der Waals surface area contributed by atoms with E-state index in [2.05, 4.69) is 15.5 Å². The number of aryl methyl sites for hydroxylation is 4. The van der Waals surface area contributed by atoms with E-state index in [1.165, 1.54) is 22.2 Å². The molecule has 1 amide bonds. The van der Waals surface area contributed by atoms with Crippen LogP contribution in [0.3, 0.4) is 0 Å². The molecule has 8 heteroatoms. The van der Waals surface area contributed by atoms with E-state index in [1.807, 2.05) is 45.0 Å². The van der Waals surface area contributed by atoms with Gasteiger partial charge in [-0.1, -0.05) is 23.4 Å². The summed E-state index contributed by atoms with van der Waals surface area (Å²) in [5.74, 6) is 0.436. The molecule has 0 bridgehead atoms. The largest absolute Gasteiger partial charge is 0.361 e. The van der Waals surface area contributed by atoms with Gasteiger partial charge in [0.05, 0.1) is 28.8 Å². The summed E-state index contributed by atoms with van der Waals surface area (Å²) in [5.41, 5.74) is 3.78. The maximum atomic E-state index is 13.1. The number of amides is 1. The lowest BCUT2D eigenvalue weighted by Gasteiger charge is -2.07. The van der Waals surface area contributed by atoms with Gasteiger partial charge in [0.15, 0.2) is 0 Å². The van der Waals surface area contributed by atoms with E-state index in [0.717, 1.165) is 22.5 Å². The molecule has 0 aliphatic rings. The molecule has 1 N–H and O–H groups in total. The van der Waals surface area contributed by atoms with Crippen LogP contribution in [0.2, 0.25) is 0 Å². The summed E-state index contributed by atoms with van der Waals surface area (Å²) >= 11 is 1.23. The highest BCUT2D eigenvalue weighted by atomic mass is 32.1. The highest BCUT2D eigenvalue weighted by Gasteiger charge is 2.21. The van der Waals surface area contributed by atoms with Crippen LogP contribution in [0.15, 0.2) is 39.9 Å². The number of rotatable bonds is 4. The molecule has 0 fully saturated rings. The van der Waals surface area contributed by atoms with Gasteiger partial charge in [-0.05, 0) is 44.9 Å². The van der Waals surface area contributed by atoms with Crippen LogP contribution in [-0.4, -0.2) is 20.6 Å². The minimum absolute atomic E-state index is 0.182. The third-order valence-corrected chi connectivity index (χ3v) is 6.23. The van der Waals surface area contributed by atoms with Crippen molar-refractivity contribution >= 4 is 33.1 Å². The Bertz CT molecular complexity index is 1280. The van der Waals surface area contributed by atoms with Crippen LogP contribution in [0.25, 0.3) is 10.2 Å². The van der Waals surface area contributed by atoms with E-state index in [1.54, 1.807) is 6.92 Å². The van der Waals surface area contributed by atoms with Crippen molar-refractivity contribution in [2.45, 2.75) is 34.2 Å². The van der Waals surface area contributed by atoms with Gasteiger partial charge in [-0.15, -0.1) is 11.3 Å². The fourth-order valence-electron chi connectivity index (χ4n) is 3.28. The third kappa shape index (κ3) is 3.36. The minimum Gasteiger partial charge on any atom is -0.361 e. The van der Waals surface area contributed by atoms with Gasteiger partial charge in [0, 0.05) is 11.3 Å². The second-order valence-electron chi connectivity index (χ2n) is 6.99. The lowest BCUT2D eigenvalue weighted by Crippen LogP contribution is -2.21. The van der Waals surface area contributed by atoms with Crippen LogP contribution in [0.5, 0.6) is 0 Å². The van der Waals surface area contributed by atoms with Gasteiger partial charge in [0.25, 0.3) is 11.5 Å². The molecule has 0 spiro atoms. The first-order chi connectivity index (χ1) is 13.9. The van der Waals surface area contributed by atoms with Crippen molar-refractivity contribution in [3.8, 4) is 0 Å². The van der Waals surface area contributed by atoms with E-state index >= 15 is 0 Å². The SMILES string of the molecule is Cc1ccccc1NC(=O)c1sc2ncn(Cc3c(C)noc3C)c(=O)c2c1C. The maximum absolute atomic E-state index is 13.1. The number of para-hydroxylation sites is 1. The second kappa shape index (κ2) is 7.29. The molecule has 0 saturated carbocycles. The van der Waals surface area contributed by atoms with Crippen LogP contribution in [0, 0.1) is 27.7 Å². The predicted molar refractivity (Wildman–Crippen MR) is 113 cm³/mol. The van der Waals surface area contributed by atoms with E-state index in [9.17, 15) is 9.59 Å². The number of carbonyl (C=O) groups is 1.